The van der Waals surface area contributed by atoms with Crippen molar-refractivity contribution in [1.29, 1.82) is 0 Å². The van der Waals surface area contributed by atoms with E-state index in [1.54, 1.807) is 19.6 Å². The van der Waals surface area contributed by atoms with Crippen LogP contribution in [0.2, 0.25) is 0 Å². The number of pyridine rings is 1. The third-order valence-corrected chi connectivity index (χ3v) is 4.97. The Morgan fingerprint density at radius 1 is 1.11 bits per heavy atom. The predicted octanol–water partition coefficient (Wildman–Crippen LogP) is 3.48. The molecule has 7 heteroatoms. The molecule has 4 rings (SSSR count). The molecule has 2 aromatic heterocycles. The number of nitrogens with zero attached hydrogens (tertiary/aromatic N) is 4. The van der Waals surface area contributed by atoms with Crippen LogP contribution in [0, 0.1) is 13.8 Å². The maximum atomic E-state index is 5.19. The minimum absolute atomic E-state index is 0.631. The molecule has 3 aromatic rings. The summed E-state index contributed by atoms with van der Waals surface area (Å²) in [7, 11) is 1.63. The number of aryl methyl sites for hydroxylation is 2. The van der Waals surface area contributed by atoms with E-state index in [1.165, 1.54) is 11.1 Å². The Balaban J connectivity index is 1.50. The summed E-state index contributed by atoms with van der Waals surface area (Å²) < 4.78 is 5.19. The lowest BCUT2D eigenvalue weighted by Gasteiger charge is -2.33. The molecular formula is C21H24N6O. The number of hydrogen-bond acceptors (Lipinski definition) is 7. The van der Waals surface area contributed by atoms with E-state index in [2.05, 4.69) is 56.5 Å². The van der Waals surface area contributed by atoms with Crippen LogP contribution in [0.3, 0.4) is 0 Å². The van der Waals surface area contributed by atoms with Crippen LogP contribution < -0.4 is 20.3 Å². The molecular weight excluding hydrogens is 352 g/mol. The SMILES string of the molecule is COc1cc(CNCCN2c3cc(C)c(C)cc3Nc3cncnc32)ccn1. The summed E-state index contributed by atoms with van der Waals surface area (Å²) in [5.74, 6) is 1.53. The molecule has 0 saturated carbocycles. The van der Waals surface area contributed by atoms with Crippen LogP contribution in [0.25, 0.3) is 0 Å². The fourth-order valence-electron chi connectivity index (χ4n) is 3.33. The first-order valence-corrected chi connectivity index (χ1v) is 9.31. The number of fused-ring (bicyclic) bond motifs is 2. The Morgan fingerprint density at radius 3 is 2.82 bits per heavy atom. The van der Waals surface area contributed by atoms with Gasteiger partial charge in [0, 0.05) is 31.9 Å². The molecule has 2 N–H and O–H groups in total. The van der Waals surface area contributed by atoms with Gasteiger partial charge in [0.05, 0.1) is 24.7 Å². The van der Waals surface area contributed by atoms with Gasteiger partial charge in [0.15, 0.2) is 5.82 Å². The van der Waals surface area contributed by atoms with Crippen LogP contribution in [0.5, 0.6) is 5.88 Å². The number of rotatable bonds is 6. The molecule has 7 nitrogen and oxygen atoms in total. The smallest absolute Gasteiger partial charge is 0.213 e. The van der Waals surface area contributed by atoms with Gasteiger partial charge in [-0.1, -0.05) is 0 Å². The van der Waals surface area contributed by atoms with Gasteiger partial charge in [0.1, 0.15) is 12.0 Å². The average Bonchev–Trinajstić information content (AvgIpc) is 2.72. The quantitative estimate of drug-likeness (QED) is 0.638. The highest BCUT2D eigenvalue weighted by Gasteiger charge is 2.24. The summed E-state index contributed by atoms with van der Waals surface area (Å²) in [5.41, 5.74) is 6.82. The van der Waals surface area contributed by atoms with Gasteiger partial charge >= 0.3 is 0 Å². The summed E-state index contributed by atoms with van der Waals surface area (Å²) >= 11 is 0. The van der Waals surface area contributed by atoms with E-state index in [0.717, 1.165) is 48.1 Å². The lowest BCUT2D eigenvalue weighted by molar-refractivity contribution is 0.397. The monoisotopic (exact) mass is 376 g/mol. The second kappa shape index (κ2) is 7.82. The van der Waals surface area contributed by atoms with Crippen LogP contribution in [-0.4, -0.2) is 35.2 Å². The third kappa shape index (κ3) is 3.61. The Morgan fingerprint density at radius 2 is 1.96 bits per heavy atom. The largest absolute Gasteiger partial charge is 0.481 e. The zero-order chi connectivity index (χ0) is 19.5. The molecule has 28 heavy (non-hydrogen) atoms. The van der Waals surface area contributed by atoms with Crippen molar-refractivity contribution in [3.63, 3.8) is 0 Å². The van der Waals surface area contributed by atoms with E-state index >= 15 is 0 Å². The molecule has 0 amide bonds. The van der Waals surface area contributed by atoms with Crippen LogP contribution in [0.15, 0.2) is 43.0 Å². The summed E-state index contributed by atoms with van der Waals surface area (Å²) in [5, 5.41) is 6.96. The number of aromatic nitrogens is 3. The number of nitrogens with one attached hydrogen (secondary N) is 2. The first-order valence-electron chi connectivity index (χ1n) is 9.31. The lowest BCUT2D eigenvalue weighted by Crippen LogP contribution is -2.31. The van der Waals surface area contributed by atoms with E-state index < -0.39 is 0 Å². The molecule has 144 valence electrons. The molecule has 0 bridgehead atoms. The molecule has 0 atom stereocenters. The summed E-state index contributed by atoms with van der Waals surface area (Å²) in [6.07, 6.45) is 5.18. The Kier molecular flexibility index (Phi) is 5.08. The highest BCUT2D eigenvalue weighted by atomic mass is 16.5. The van der Waals surface area contributed by atoms with Gasteiger partial charge in [-0.15, -0.1) is 0 Å². The van der Waals surface area contributed by atoms with Gasteiger partial charge in [-0.25, -0.2) is 15.0 Å². The van der Waals surface area contributed by atoms with Crippen molar-refractivity contribution in [3.05, 3.63) is 59.7 Å². The standard InChI is InChI=1S/C21H24N6O/c1-14-8-17-19(9-15(14)2)27(21-18(26-17)12-23-13-25-21)7-6-22-11-16-4-5-24-20(10-16)28-3/h4-5,8-10,12-13,22,26H,6-7,11H2,1-3H3. The molecule has 1 aliphatic heterocycles. The molecule has 0 saturated heterocycles. The van der Waals surface area contributed by atoms with Crippen LogP contribution in [-0.2, 0) is 6.54 Å². The molecule has 0 aliphatic carbocycles. The zero-order valence-electron chi connectivity index (χ0n) is 16.4. The minimum Gasteiger partial charge on any atom is -0.481 e. The van der Waals surface area contributed by atoms with Gasteiger partial charge in [0.25, 0.3) is 0 Å². The summed E-state index contributed by atoms with van der Waals surface area (Å²) in [6.45, 7) is 6.62. The summed E-state index contributed by atoms with van der Waals surface area (Å²) in [6, 6.07) is 8.34. The van der Waals surface area contributed by atoms with Crippen molar-refractivity contribution in [2.24, 2.45) is 0 Å². The van der Waals surface area contributed by atoms with E-state index in [-0.39, 0.29) is 0 Å². The second-order valence-electron chi connectivity index (χ2n) is 6.87. The maximum Gasteiger partial charge on any atom is 0.213 e. The normalized spacial score (nSPS) is 12.2. The van der Waals surface area contributed by atoms with Crippen molar-refractivity contribution >= 4 is 22.9 Å². The van der Waals surface area contributed by atoms with Crippen LogP contribution in [0.4, 0.5) is 22.9 Å². The number of methoxy groups -OCH3 is 1. The third-order valence-electron chi connectivity index (χ3n) is 4.97. The van der Waals surface area contributed by atoms with E-state index in [1.807, 2.05) is 18.3 Å². The summed E-state index contributed by atoms with van der Waals surface area (Å²) in [4.78, 5) is 15.1. The second-order valence-corrected chi connectivity index (χ2v) is 6.87. The predicted molar refractivity (Wildman–Crippen MR) is 111 cm³/mol. The molecule has 3 heterocycles. The molecule has 0 radical (unpaired) electrons. The number of hydrogen-bond donors (Lipinski definition) is 2. The molecule has 1 aliphatic rings. The van der Waals surface area contributed by atoms with Crippen molar-refractivity contribution in [3.8, 4) is 5.88 Å². The van der Waals surface area contributed by atoms with Crippen molar-refractivity contribution < 1.29 is 4.74 Å². The zero-order valence-corrected chi connectivity index (χ0v) is 16.4. The highest BCUT2D eigenvalue weighted by Crippen LogP contribution is 2.42. The van der Waals surface area contributed by atoms with Crippen LogP contribution in [0.1, 0.15) is 16.7 Å². The van der Waals surface area contributed by atoms with E-state index in [4.69, 9.17) is 4.74 Å². The van der Waals surface area contributed by atoms with Gasteiger partial charge in [-0.05, 0) is 48.7 Å². The molecule has 0 spiro atoms. The van der Waals surface area contributed by atoms with Gasteiger partial charge in [-0.3, -0.25) is 0 Å². The van der Waals surface area contributed by atoms with Crippen molar-refractivity contribution in [2.75, 3.05) is 30.4 Å². The van der Waals surface area contributed by atoms with Gasteiger partial charge in [0.2, 0.25) is 5.88 Å². The molecule has 0 fully saturated rings. The Labute approximate surface area is 164 Å². The van der Waals surface area contributed by atoms with Gasteiger partial charge < -0.3 is 20.3 Å². The Bertz CT molecular complexity index is 990. The Hall–Kier alpha value is -3.19. The fraction of sp³-hybridized carbons (Fsp3) is 0.286. The molecule has 0 unspecified atom stereocenters. The highest BCUT2D eigenvalue weighted by molar-refractivity contribution is 5.90. The fourth-order valence-corrected chi connectivity index (χ4v) is 3.33. The first-order chi connectivity index (χ1) is 13.7. The first kappa shape index (κ1) is 18.2. The maximum absolute atomic E-state index is 5.19. The van der Waals surface area contributed by atoms with Crippen molar-refractivity contribution in [2.45, 2.75) is 20.4 Å². The average molecular weight is 376 g/mol. The molecule has 1 aromatic carbocycles. The van der Waals surface area contributed by atoms with E-state index in [0.29, 0.717) is 5.88 Å². The number of benzene rings is 1. The minimum atomic E-state index is 0.631. The number of anilines is 4. The van der Waals surface area contributed by atoms with Gasteiger partial charge in [-0.2, -0.15) is 0 Å². The number of ether oxygens (including phenoxy) is 1. The van der Waals surface area contributed by atoms with Crippen molar-refractivity contribution in [1.82, 2.24) is 20.3 Å². The van der Waals surface area contributed by atoms with Crippen LogP contribution >= 0.6 is 0 Å². The van der Waals surface area contributed by atoms with E-state index in [9.17, 15) is 0 Å². The lowest BCUT2D eigenvalue weighted by atomic mass is 10.0. The topological polar surface area (TPSA) is 75.2 Å².